The molecule has 1 nitrogen and oxygen atoms in total. The molecule has 0 aliphatic heterocycles. The van der Waals surface area contributed by atoms with E-state index in [2.05, 4.69) is 4.74 Å². The Morgan fingerprint density at radius 2 is 1.85 bits per heavy atom. The van der Waals surface area contributed by atoms with Gasteiger partial charge in [0.1, 0.15) is 16.6 Å². The minimum absolute atomic E-state index is 0.169. The van der Waals surface area contributed by atoms with Crippen LogP contribution in [-0.2, 0) is 0 Å². The number of hydrogen-bond donors (Lipinski definition) is 0. The van der Waals surface area contributed by atoms with Gasteiger partial charge in [0.25, 0.3) is 0 Å². The molecule has 0 saturated heterocycles. The summed E-state index contributed by atoms with van der Waals surface area (Å²) in [4.78, 5) is 0. The SMILES string of the molecule is Fc1cc(Cl)c(Cl)c(OC(F)F)c1. The molecule has 1 rings (SSSR count). The van der Waals surface area contributed by atoms with E-state index >= 15 is 0 Å². The predicted molar refractivity (Wildman–Crippen MR) is 43.1 cm³/mol. The van der Waals surface area contributed by atoms with Crippen LogP contribution in [0.3, 0.4) is 0 Å². The summed E-state index contributed by atoms with van der Waals surface area (Å²) in [5, 5.41) is -0.402. The Morgan fingerprint density at radius 1 is 1.23 bits per heavy atom. The number of benzene rings is 1. The third-order valence-electron chi connectivity index (χ3n) is 1.18. The lowest BCUT2D eigenvalue weighted by molar-refractivity contribution is -0.0499. The number of rotatable bonds is 2. The Bertz CT molecular complexity index is 317. The quantitative estimate of drug-likeness (QED) is 0.704. The lowest BCUT2D eigenvalue weighted by Gasteiger charge is -2.07. The maximum Gasteiger partial charge on any atom is 0.387 e. The van der Waals surface area contributed by atoms with Gasteiger partial charge in [0.2, 0.25) is 0 Å². The maximum atomic E-state index is 12.6. The van der Waals surface area contributed by atoms with Crippen LogP contribution in [0.5, 0.6) is 5.75 Å². The zero-order valence-corrected chi connectivity index (χ0v) is 7.54. The summed E-state index contributed by atoms with van der Waals surface area (Å²) in [7, 11) is 0. The highest BCUT2D eigenvalue weighted by Crippen LogP contribution is 2.33. The minimum atomic E-state index is -3.06. The zero-order chi connectivity index (χ0) is 10.0. The van der Waals surface area contributed by atoms with Crippen molar-refractivity contribution in [3.63, 3.8) is 0 Å². The molecular weight excluding hydrogens is 228 g/mol. The van der Waals surface area contributed by atoms with Crippen molar-refractivity contribution >= 4 is 23.2 Å². The molecule has 1 aromatic carbocycles. The van der Waals surface area contributed by atoms with E-state index in [0.717, 1.165) is 12.1 Å². The van der Waals surface area contributed by atoms with E-state index in [4.69, 9.17) is 23.2 Å². The van der Waals surface area contributed by atoms with Gasteiger partial charge < -0.3 is 4.74 Å². The van der Waals surface area contributed by atoms with Crippen LogP contribution in [0.4, 0.5) is 13.2 Å². The molecule has 0 N–H and O–H groups in total. The summed E-state index contributed by atoms with van der Waals surface area (Å²) in [5.74, 6) is -1.26. The van der Waals surface area contributed by atoms with Gasteiger partial charge in [-0.1, -0.05) is 23.2 Å². The summed E-state index contributed by atoms with van der Waals surface area (Å²) in [6, 6.07) is 1.64. The van der Waals surface area contributed by atoms with Crippen LogP contribution in [-0.4, -0.2) is 6.61 Å². The summed E-state index contributed by atoms with van der Waals surface area (Å²) in [6.07, 6.45) is 0. The number of halogens is 5. The van der Waals surface area contributed by atoms with E-state index in [1.165, 1.54) is 0 Å². The third-order valence-corrected chi connectivity index (χ3v) is 1.96. The van der Waals surface area contributed by atoms with Crippen LogP contribution < -0.4 is 4.74 Å². The van der Waals surface area contributed by atoms with Gasteiger partial charge in [0.15, 0.2) is 0 Å². The molecule has 0 amide bonds. The molecule has 13 heavy (non-hydrogen) atoms. The average Bonchev–Trinajstić information content (AvgIpc) is 1.98. The minimum Gasteiger partial charge on any atom is -0.433 e. The molecule has 0 aliphatic carbocycles. The molecule has 0 unspecified atom stereocenters. The lowest BCUT2D eigenvalue weighted by Crippen LogP contribution is -2.02. The third kappa shape index (κ3) is 2.67. The molecule has 0 saturated carbocycles. The summed E-state index contributed by atoms with van der Waals surface area (Å²) in [5.41, 5.74) is 0. The Balaban J connectivity index is 3.05. The van der Waals surface area contributed by atoms with Crippen LogP contribution in [0, 0.1) is 5.82 Å². The number of hydrogen-bond acceptors (Lipinski definition) is 1. The predicted octanol–water partition coefficient (Wildman–Crippen LogP) is 3.73. The molecule has 0 atom stereocenters. The molecule has 0 spiro atoms. The van der Waals surface area contributed by atoms with E-state index in [1.807, 2.05) is 0 Å². The van der Waals surface area contributed by atoms with E-state index < -0.39 is 18.2 Å². The summed E-state index contributed by atoms with van der Waals surface area (Å²) in [6.45, 7) is -3.06. The Morgan fingerprint density at radius 3 is 2.38 bits per heavy atom. The maximum absolute atomic E-state index is 12.6. The van der Waals surface area contributed by atoms with Crippen molar-refractivity contribution in [2.24, 2.45) is 0 Å². The Hall–Kier alpha value is -0.610. The second kappa shape index (κ2) is 4.07. The fraction of sp³-hybridized carbons (Fsp3) is 0.143. The fourth-order valence-corrected chi connectivity index (χ4v) is 1.07. The first-order chi connectivity index (χ1) is 6.00. The van der Waals surface area contributed by atoms with Gasteiger partial charge in [-0.15, -0.1) is 0 Å². The van der Waals surface area contributed by atoms with E-state index in [0.29, 0.717) is 0 Å². The highest BCUT2D eigenvalue weighted by Gasteiger charge is 2.12. The van der Waals surface area contributed by atoms with Crippen molar-refractivity contribution in [1.29, 1.82) is 0 Å². The van der Waals surface area contributed by atoms with Crippen molar-refractivity contribution in [3.8, 4) is 5.75 Å². The van der Waals surface area contributed by atoms with Crippen LogP contribution in [0.15, 0.2) is 12.1 Å². The molecule has 0 aliphatic rings. The second-order valence-corrected chi connectivity index (χ2v) is 2.86. The second-order valence-electron chi connectivity index (χ2n) is 2.08. The standard InChI is InChI=1S/C7H3Cl2F3O/c8-4-1-3(10)2-5(6(4)9)13-7(11)12/h1-2,7H. The fourth-order valence-electron chi connectivity index (χ4n) is 0.714. The topological polar surface area (TPSA) is 9.23 Å². The molecule has 0 radical (unpaired) electrons. The van der Waals surface area contributed by atoms with Crippen LogP contribution in [0.2, 0.25) is 10.0 Å². The Kier molecular flexibility index (Phi) is 3.27. The molecule has 1 aromatic rings. The molecule has 0 aromatic heterocycles. The first-order valence-electron chi connectivity index (χ1n) is 3.10. The van der Waals surface area contributed by atoms with E-state index in [-0.39, 0.29) is 10.0 Å². The molecule has 0 bridgehead atoms. The number of alkyl halides is 2. The summed E-state index contributed by atoms with van der Waals surface area (Å²) >= 11 is 10.9. The molecular formula is C7H3Cl2F3O. The van der Waals surface area contributed by atoms with Gasteiger partial charge in [0.05, 0.1) is 5.02 Å². The highest BCUT2D eigenvalue weighted by atomic mass is 35.5. The highest BCUT2D eigenvalue weighted by molar-refractivity contribution is 6.42. The van der Waals surface area contributed by atoms with E-state index in [9.17, 15) is 13.2 Å². The number of ether oxygens (including phenoxy) is 1. The zero-order valence-electron chi connectivity index (χ0n) is 6.03. The molecule has 0 heterocycles. The monoisotopic (exact) mass is 230 g/mol. The van der Waals surface area contributed by atoms with Crippen LogP contribution in [0.25, 0.3) is 0 Å². The lowest BCUT2D eigenvalue weighted by atomic mass is 10.3. The molecule has 6 heteroatoms. The van der Waals surface area contributed by atoms with Crippen molar-refractivity contribution in [2.45, 2.75) is 6.61 Å². The van der Waals surface area contributed by atoms with Crippen LogP contribution in [0.1, 0.15) is 0 Å². The average molecular weight is 231 g/mol. The van der Waals surface area contributed by atoms with Crippen molar-refractivity contribution in [1.82, 2.24) is 0 Å². The molecule has 72 valence electrons. The smallest absolute Gasteiger partial charge is 0.387 e. The summed E-state index contributed by atoms with van der Waals surface area (Å²) < 4.78 is 39.9. The van der Waals surface area contributed by atoms with Crippen molar-refractivity contribution < 1.29 is 17.9 Å². The van der Waals surface area contributed by atoms with Gasteiger partial charge in [-0.25, -0.2) is 4.39 Å². The molecule has 0 fully saturated rings. The van der Waals surface area contributed by atoms with Gasteiger partial charge in [-0.3, -0.25) is 0 Å². The van der Waals surface area contributed by atoms with Gasteiger partial charge in [-0.2, -0.15) is 8.78 Å². The first kappa shape index (κ1) is 10.5. The normalized spacial score (nSPS) is 10.6. The van der Waals surface area contributed by atoms with E-state index in [1.54, 1.807) is 0 Å². The van der Waals surface area contributed by atoms with Crippen molar-refractivity contribution in [2.75, 3.05) is 0 Å². The largest absolute Gasteiger partial charge is 0.433 e. The Labute approximate surface area is 82.0 Å². The van der Waals surface area contributed by atoms with Crippen LogP contribution >= 0.6 is 23.2 Å². The van der Waals surface area contributed by atoms with Gasteiger partial charge in [-0.05, 0) is 6.07 Å². The first-order valence-corrected chi connectivity index (χ1v) is 3.85. The van der Waals surface area contributed by atoms with Crippen molar-refractivity contribution in [3.05, 3.63) is 28.0 Å². The van der Waals surface area contributed by atoms with Gasteiger partial charge >= 0.3 is 6.61 Å². The van der Waals surface area contributed by atoms with Gasteiger partial charge in [0, 0.05) is 6.07 Å².